The summed E-state index contributed by atoms with van der Waals surface area (Å²) in [6.45, 7) is 1.50. The van der Waals surface area contributed by atoms with E-state index in [9.17, 15) is 14.3 Å². The summed E-state index contributed by atoms with van der Waals surface area (Å²) in [5.74, 6) is -0.581. The van der Waals surface area contributed by atoms with Crippen LogP contribution in [0.2, 0.25) is 0 Å². The average molecular weight is 331 g/mol. The summed E-state index contributed by atoms with van der Waals surface area (Å²) >= 11 is 0. The van der Waals surface area contributed by atoms with Gasteiger partial charge in [-0.1, -0.05) is 6.07 Å². The molecule has 0 bridgehead atoms. The molecular formula is C18H22FN3O2. The Hall–Kier alpha value is -2.13. The molecule has 0 atom stereocenters. The molecule has 6 heteroatoms. The number of carbonyl (C=O) groups excluding carboxylic acids is 1. The first kappa shape index (κ1) is 16.7. The molecule has 2 N–H and O–H groups in total. The lowest BCUT2D eigenvalue weighted by molar-refractivity contribution is -0.131. The van der Waals surface area contributed by atoms with E-state index in [1.807, 2.05) is 4.90 Å². The minimum atomic E-state index is -0.882. The number of aliphatic hydroxyl groups excluding tert-OH is 1. The monoisotopic (exact) mass is 331 g/mol. The van der Waals surface area contributed by atoms with E-state index < -0.39 is 5.41 Å². The third kappa shape index (κ3) is 3.22. The molecule has 128 valence electrons. The number of nitriles is 1. The van der Waals surface area contributed by atoms with E-state index in [4.69, 9.17) is 5.26 Å². The predicted molar refractivity (Wildman–Crippen MR) is 87.6 cm³/mol. The largest absolute Gasteiger partial charge is 0.393 e. The maximum Gasteiger partial charge on any atom is 0.240 e. The molecule has 2 aliphatic rings. The van der Waals surface area contributed by atoms with Crippen molar-refractivity contribution in [2.24, 2.45) is 5.41 Å². The molecule has 0 radical (unpaired) electrons. The number of hydrogen-bond acceptors (Lipinski definition) is 4. The first-order valence-electron chi connectivity index (χ1n) is 8.45. The molecular weight excluding hydrogens is 309 g/mol. The van der Waals surface area contributed by atoms with Gasteiger partial charge in [0.15, 0.2) is 0 Å². The Labute approximate surface area is 141 Å². The summed E-state index contributed by atoms with van der Waals surface area (Å²) in [6.07, 6.45) is 3.10. The predicted octanol–water partition coefficient (Wildman–Crippen LogP) is 2.10. The van der Waals surface area contributed by atoms with Gasteiger partial charge in [0.1, 0.15) is 11.2 Å². The number of hydrogen-bond donors (Lipinski definition) is 2. The Morgan fingerprint density at radius 3 is 2.67 bits per heavy atom. The molecule has 1 amide bonds. The van der Waals surface area contributed by atoms with Crippen LogP contribution in [0, 0.1) is 22.6 Å². The summed E-state index contributed by atoms with van der Waals surface area (Å²) in [4.78, 5) is 14.1. The number of carbonyl (C=O) groups is 1. The fraction of sp³-hybridized carbons (Fsp3) is 0.556. The summed E-state index contributed by atoms with van der Waals surface area (Å²) in [5, 5.41) is 21.4. The second-order valence-corrected chi connectivity index (χ2v) is 6.73. The third-order valence-corrected chi connectivity index (χ3v) is 5.13. The number of halogens is 1. The first-order chi connectivity index (χ1) is 11.5. The van der Waals surface area contributed by atoms with Crippen molar-refractivity contribution in [3.63, 3.8) is 0 Å². The highest BCUT2D eigenvalue weighted by atomic mass is 19.1. The average Bonchev–Trinajstić information content (AvgIpc) is 2.53. The summed E-state index contributed by atoms with van der Waals surface area (Å²) in [5.41, 5.74) is 0.325. The molecule has 3 rings (SSSR count). The molecule has 1 aromatic rings. The van der Waals surface area contributed by atoms with Crippen LogP contribution in [0.1, 0.15) is 37.7 Å². The summed E-state index contributed by atoms with van der Waals surface area (Å²) in [6, 6.07) is 7.05. The van der Waals surface area contributed by atoms with Crippen molar-refractivity contribution in [3.05, 3.63) is 29.6 Å². The molecule has 1 aromatic carbocycles. The summed E-state index contributed by atoms with van der Waals surface area (Å²) in [7, 11) is 0. The topological polar surface area (TPSA) is 76.4 Å². The van der Waals surface area contributed by atoms with Gasteiger partial charge in [-0.3, -0.25) is 4.79 Å². The van der Waals surface area contributed by atoms with E-state index in [2.05, 4.69) is 11.4 Å². The third-order valence-electron chi connectivity index (χ3n) is 5.13. The van der Waals surface area contributed by atoms with Gasteiger partial charge in [0.05, 0.1) is 17.9 Å². The van der Waals surface area contributed by atoms with Crippen molar-refractivity contribution >= 4 is 11.6 Å². The highest BCUT2D eigenvalue weighted by Crippen LogP contribution is 2.40. The lowest BCUT2D eigenvalue weighted by Gasteiger charge is -2.33. The molecule has 0 aromatic heterocycles. The molecule has 1 saturated heterocycles. The molecule has 1 saturated carbocycles. The number of benzene rings is 1. The molecule has 5 nitrogen and oxygen atoms in total. The molecule has 1 aliphatic carbocycles. The van der Waals surface area contributed by atoms with Crippen LogP contribution in [-0.2, 0) is 11.3 Å². The van der Waals surface area contributed by atoms with Crippen LogP contribution in [0.15, 0.2) is 18.2 Å². The molecule has 2 fully saturated rings. The van der Waals surface area contributed by atoms with Crippen molar-refractivity contribution in [1.29, 1.82) is 5.26 Å². The number of amides is 1. The number of anilines is 1. The van der Waals surface area contributed by atoms with Gasteiger partial charge in [0.25, 0.3) is 0 Å². The van der Waals surface area contributed by atoms with E-state index in [-0.39, 0.29) is 24.4 Å². The van der Waals surface area contributed by atoms with Gasteiger partial charge >= 0.3 is 0 Å². The van der Waals surface area contributed by atoms with Crippen LogP contribution in [0.5, 0.6) is 0 Å². The maximum atomic E-state index is 14.4. The van der Waals surface area contributed by atoms with Crippen LogP contribution in [0.4, 0.5) is 10.1 Å². The summed E-state index contributed by atoms with van der Waals surface area (Å²) < 4.78 is 14.4. The van der Waals surface area contributed by atoms with Crippen molar-refractivity contribution in [1.82, 2.24) is 5.32 Å². The van der Waals surface area contributed by atoms with Gasteiger partial charge in [-0.2, -0.15) is 5.26 Å². The zero-order valence-electron chi connectivity index (χ0n) is 13.6. The lowest BCUT2D eigenvalue weighted by atomic mass is 9.69. The van der Waals surface area contributed by atoms with E-state index in [0.717, 1.165) is 6.42 Å². The maximum absolute atomic E-state index is 14.4. The molecule has 0 unspecified atom stereocenters. The fourth-order valence-electron chi connectivity index (χ4n) is 3.30. The SMILES string of the molecule is N#CC1(C(=O)NCc2ccc(N3CCC(O)CC3)c(F)c2)CCC1. The van der Waals surface area contributed by atoms with Crippen molar-refractivity contribution in [3.8, 4) is 6.07 Å². The first-order valence-corrected chi connectivity index (χ1v) is 8.45. The van der Waals surface area contributed by atoms with Crippen LogP contribution in [0.3, 0.4) is 0 Å². The van der Waals surface area contributed by atoms with Crippen molar-refractivity contribution < 1.29 is 14.3 Å². The molecule has 1 heterocycles. The Balaban J connectivity index is 1.61. The molecule has 1 aliphatic heterocycles. The van der Waals surface area contributed by atoms with Gasteiger partial charge < -0.3 is 15.3 Å². The lowest BCUT2D eigenvalue weighted by Crippen LogP contribution is -2.44. The quantitative estimate of drug-likeness (QED) is 0.886. The highest BCUT2D eigenvalue weighted by Gasteiger charge is 2.44. The standard InChI is InChI=1S/C18H22FN3O2/c19-15-10-13(11-21-17(24)18(12-20)6-1-7-18)2-3-16(15)22-8-4-14(23)5-9-22/h2-3,10,14,23H,1,4-9,11H2,(H,21,24). The minimum absolute atomic E-state index is 0.220. The Morgan fingerprint density at radius 2 is 2.12 bits per heavy atom. The van der Waals surface area contributed by atoms with Crippen molar-refractivity contribution in [2.45, 2.75) is 44.8 Å². The fourth-order valence-corrected chi connectivity index (χ4v) is 3.30. The van der Waals surface area contributed by atoms with Gasteiger partial charge in [0, 0.05) is 19.6 Å². The number of nitrogens with zero attached hydrogens (tertiary/aromatic N) is 2. The van der Waals surface area contributed by atoms with Gasteiger partial charge in [-0.05, 0) is 49.8 Å². The van der Waals surface area contributed by atoms with Crippen molar-refractivity contribution in [2.75, 3.05) is 18.0 Å². The smallest absolute Gasteiger partial charge is 0.240 e. The van der Waals surface area contributed by atoms with Gasteiger partial charge in [0.2, 0.25) is 5.91 Å². The van der Waals surface area contributed by atoms with Gasteiger partial charge in [-0.15, -0.1) is 0 Å². The van der Waals surface area contributed by atoms with Crippen LogP contribution in [0.25, 0.3) is 0 Å². The van der Waals surface area contributed by atoms with E-state index in [0.29, 0.717) is 50.0 Å². The number of piperidine rings is 1. The second kappa shape index (κ2) is 6.78. The zero-order valence-corrected chi connectivity index (χ0v) is 13.6. The number of nitrogens with one attached hydrogen (secondary N) is 1. The number of aliphatic hydroxyl groups is 1. The zero-order chi connectivity index (χ0) is 17.2. The van der Waals surface area contributed by atoms with Crippen LogP contribution in [-0.4, -0.2) is 30.2 Å². The Kier molecular flexibility index (Phi) is 4.72. The molecule has 24 heavy (non-hydrogen) atoms. The minimum Gasteiger partial charge on any atom is -0.393 e. The van der Waals surface area contributed by atoms with E-state index in [1.54, 1.807) is 12.1 Å². The van der Waals surface area contributed by atoms with Crippen LogP contribution >= 0.6 is 0 Å². The Bertz CT molecular complexity index is 659. The van der Waals surface area contributed by atoms with Crippen LogP contribution < -0.4 is 10.2 Å². The van der Waals surface area contributed by atoms with E-state index >= 15 is 0 Å². The van der Waals surface area contributed by atoms with E-state index in [1.165, 1.54) is 6.07 Å². The highest BCUT2D eigenvalue weighted by molar-refractivity contribution is 5.86. The number of rotatable bonds is 4. The molecule has 0 spiro atoms. The second-order valence-electron chi connectivity index (χ2n) is 6.73. The normalized spacial score (nSPS) is 20.1. The Morgan fingerprint density at radius 1 is 1.42 bits per heavy atom. The van der Waals surface area contributed by atoms with Gasteiger partial charge in [-0.25, -0.2) is 4.39 Å².